The van der Waals surface area contributed by atoms with E-state index < -0.39 is 40.6 Å². The lowest BCUT2D eigenvalue weighted by Crippen LogP contribution is -2.37. The number of anilines is 2. The maximum Gasteiger partial charge on any atom is 0.271 e. The van der Waals surface area contributed by atoms with Crippen LogP contribution in [-0.2, 0) is 14.4 Å². The number of halogens is 2. The van der Waals surface area contributed by atoms with Gasteiger partial charge in [-0.15, -0.1) is 0 Å². The molecule has 2 aliphatic heterocycles. The number of nitro benzene ring substituents is 1. The van der Waals surface area contributed by atoms with E-state index in [9.17, 15) is 24.1 Å². The third-order valence-corrected chi connectivity index (χ3v) is 6.63. The molecule has 0 aliphatic carbocycles. The second-order valence-corrected chi connectivity index (χ2v) is 8.84. The van der Waals surface area contributed by atoms with E-state index >= 15 is 0 Å². The molecule has 2 fully saturated rings. The van der Waals surface area contributed by atoms with Gasteiger partial charge in [0.2, 0.25) is 5.91 Å². The summed E-state index contributed by atoms with van der Waals surface area (Å²) in [5, 5.41) is 12.7. The van der Waals surface area contributed by atoms with Gasteiger partial charge >= 0.3 is 0 Å². The van der Waals surface area contributed by atoms with Crippen LogP contribution in [0.2, 0.25) is 0 Å². The number of nitrogens with zero attached hydrogens (tertiary/aromatic N) is 3. The number of amides is 2. The van der Waals surface area contributed by atoms with E-state index in [1.54, 1.807) is 24.3 Å². The molecular weight excluding hydrogens is 525 g/mol. The van der Waals surface area contributed by atoms with Gasteiger partial charge in [-0.3, -0.25) is 24.5 Å². The predicted molar refractivity (Wildman–Crippen MR) is 126 cm³/mol. The lowest BCUT2D eigenvalue weighted by Gasteiger charge is -2.29. The number of methoxy groups -OCH3 is 1. The van der Waals surface area contributed by atoms with Crippen LogP contribution in [0.1, 0.15) is 11.6 Å². The van der Waals surface area contributed by atoms with Gasteiger partial charge in [-0.05, 0) is 64.0 Å². The van der Waals surface area contributed by atoms with Gasteiger partial charge < -0.3 is 4.74 Å². The Morgan fingerprint density at radius 2 is 1.77 bits per heavy atom. The molecule has 5 rings (SSSR count). The fourth-order valence-corrected chi connectivity index (χ4v) is 4.99. The Morgan fingerprint density at radius 1 is 1.03 bits per heavy atom. The molecule has 3 atom stereocenters. The highest BCUT2D eigenvalue weighted by atomic mass is 79.9. The first kappa shape index (κ1) is 22.9. The molecule has 11 heteroatoms. The van der Waals surface area contributed by atoms with Crippen LogP contribution in [0.15, 0.2) is 71.2 Å². The average Bonchev–Trinajstić information content (AvgIpc) is 3.36. The molecule has 2 amide bonds. The molecule has 35 heavy (non-hydrogen) atoms. The predicted octanol–water partition coefficient (Wildman–Crippen LogP) is 4.56. The summed E-state index contributed by atoms with van der Waals surface area (Å²) in [6, 6.07) is 15.2. The van der Waals surface area contributed by atoms with E-state index in [1.807, 2.05) is 0 Å². The molecule has 0 aromatic heterocycles. The van der Waals surface area contributed by atoms with Crippen LogP contribution in [0.4, 0.5) is 21.5 Å². The van der Waals surface area contributed by atoms with Gasteiger partial charge in [-0.1, -0.05) is 12.1 Å². The standard InChI is InChI=1S/C24H17BrFN3O6/c1-34-19-10-5-13(11-18(19)25)21-20-22(35-28(21)16-3-2-4-17(12-16)29(32)33)24(31)27(23(20)30)15-8-6-14(26)7-9-15/h2-12,20-22H,1H3/t20-,21+,22-/m1/s1. The molecule has 3 aromatic rings. The van der Waals surface area contributed by atoms with Crippen molar-refractivity contribution in [3.63, 3.8) is 0 Å². The van der Waals surface area contributed by atoms with Gasteiger partial charge in [0, 0.05) is 12.1 Å². The van der Waals surface area contributed by atoms with E-state index in [1.165, 1.54) is 54.6 Å². The molecule has 0 radical (unpaired) electrons. The molecule has 178 valence electrons. The maximum absolute atomic E-state index is 13.6. The van der Waals surface area contributed by atoms with Gasteiger partial charge in [0.15, 0.2) is 6.10 Å². The van der Waals surface area contributed by atoms with Crippen molar-refractivity contribution in [1.82, 2.24) is 0 Å². The molecule has 2 heterocycles. The summed E-state index contributed by atoms with van der Waals surface area (Å²) in [6.07, 6.45) is -1.17. The number of nitro groups is 1. The van der Waals surface area contributed by atoms with Crippen LogP contribution < -0.4 is 14.7 Å². The number of carbonyl (C=O) groups excluding carboxylic acids is 2. The van der Waals surface area contributed by atoms with Crippen molar-refractivity contribution in [1.29, 1.82) is 0 Å². The van der Waals surface area contributed by atoms with Crippen molar-refractivity contribution in [2.45, 2.75) is 12.1 Å². The number of ether oxygens (including phenoxy) is 1. The molecular formula is C24H17BrFN3O6. The van der Waals surface area contributed by atoms with Crippen molar-refractivity contribution >= 4 is 44.8 Å². The quantitative estimate of drug-likeness (QED) is 0.265. The number of benzene rings is 3. The Hall–Kier alpha value is -3.83. The van der Waals surface area contributed by atoms with E-state index in [2.05, 4.69) is 15.9 Å². The second kappa shape index (κ2) is 8.75. The lowest BCUT2D eigenvalue weighted by atomic mass is 9.90. The summed E-state index contributed by atoms with van der Waals surface area (Å²) in [4.78, 5) is 44.7. The van der Waals surface area contributed by atoms with Crippen molar-refractivity contribution < 1.29 is 28.5 Å². The normalized spacial score (nSPS) is 21.4. The van der Waals surface area contributed by atoms with Gasteiger partial charge in [0.05, 0.1) is 33.9 Å². The number of hydroxylamine groups is 1. The van der Waals surface area contributed by atoms with E-state index in [0.717, 1.165) is 4.90 Å². The molecule has 0 bridgehead atoms. The molecule has 2 saturated heterocycles. The number of rotatable bonds is 5. The van der Waals surface area contributed by atoms with Crippen LogP contribution in [0.3, 0.4) is 0 Å². The smallest absolute Gasteiger partial charge is 0.271 e. The highest BCUT2D eigenvalue weighted by Gasteiger charge is 2.60. The van der Waals surface area contributed by atoms with Crippen LogP contribution in [-0.4, -0.2) is 30.0 Å². The summed E-state index contributed by atoms with van der Waals surface area (Å²) in [7, 11) is 1.52. The number of imide groups is 1. The van der Waals surface area contributed by atoms with E-state index in [-0.39, 0.29) is 11.4 Å². The largest absolute Gasteiger partial charge is 0.496 e. The van der Waals surface area contributed by atoms with Gasteiger partial charge in [-0.25, -0.2) is 14.4 Å². The number of hydrogen-bond donors (Lipinski definition) is 0. The molecule has 3 aromatic carbocycles. The highest BCUT2D eigenvalue weighted by Crippen LogP contribution is 2.48. The fraction of sp³-hybridized carbons (Fsp3) is 0.167. The molecule has 0 spiro atoms. The lowest BCUT2D eigenvalue weighted by molar-refractivity contribution is -0.384. The number of carbonyl (C=O) groups is 2. The zero-order valence-corrected chi connectivity index (χ0v) is 19.7. The van der Waals surface area contributed by atoms with Crippen molar-refractivity contribution in [3.05, 3.63) is 92.7 Å². The Kier molecular flexibility index (Phi) is 5.73. The van der Waals surface area contributed by atoms with Crippen molar-refractivity contribution in [3.8, 4) is 5.75 Å². The van der Waals surface area contributed by atoms with Crippen molar-refractivity contribution in [2.75, 3.05) is 17.1 Å². The first-order valence-electron chi connectivity index (χ1n) is 10.5. The van der Waals surface area contributed by atoms with Gasteiger partial charge in [-0.2, -0.15) is 0 Å². The van der Waals surface area contributed by atoms with Crippen molar-refractivity contribution in [2.24, 2.45) is 5.92 Å². The first-order chi connectivity index (χ1) is 16.8. The zero-order chi connectivity index (χ0) is 24.9. The minimum absolute atomic E-state index is 0.164. The summed E-state index contributed by atoms with van der Waals surface area (Å²) in [5.41, 5.74) is 1.01. The topological polar surface area (TPSA) is 102 Å². The molecule has 9 nitrogen and oxygen atoms in total. The van der Waals surface area contributed by atoms with Crippen LogP contribution in [0.5, 0.6) is 5.75 Å². The second-order valence-electron chi connectivity index (χ2n) is 7.98. The van der Waals surface area contributed by atoms with Crippen LogP contribution >= 0.6 is 15.9 Å². The fourth-order valence-electron chi connectivity index (χ4n) is 4.43. The minimum Gasteiger partial charge on any atom is -0.496 e. The third-order valence-electron chi connectivity index (χ3n) is 6.01. The Bertz CT molecular complexity index is 1350. The molecule has 0 unspecified atom stereocenters. The first-order valence-corrected chi connectivity index (χ1v) is 11.3. The summed E-state index contributed by atoms with van der Waals surface area (Å²) in [5.74, 6) is -2.00. The summed E-state index contributed by atoms with van der Waals surface area (Å²) >= 11 is 3.44. The Balaban J connectivity index is 1.61. The number of hydrogen-bond acceptors (Lipinski definition) is 7. The number of fused-ring (bicyclic) bond motifs is 1. The third kappa shape index (κ3) is 3.82. The number of non-ortho nitro benzene ring substituents is 1. The SMILES string of the molecule is COc1ccc([C@H]2[C@H]3C(=O)N(c4ccc(F)cc4)C(=O)[C@@H]3ON2c2cccc([N+](=O)[O-])c2)cc1Br. The summed E-state index contributed by atoms with van der Waals surface area (Å²) in [6.45, 7) is 0. The van der Waals surface area contributed by atoms with Gasteiger partial charge in [0.1, 0.15) is 17.5 Å². The Labute approximate surface area is 206 Å². The van der Waals surface area contributed by atoms with Crippen LogP contribution in [0, 0.1) is 21.8 Å². The monoisotopic (exact) mass is 541 g/mol. The summed E-state index contributed by atoms with van der Waals surface area (Å²) < 4.78 is 19.3. The average molecular weight is 542 g/mol. The van der Waals surface area contributed by atoms with E-state index in [0.29, 0.717) is 21.5 Å². The zero-order valence-electron chi connectivity index (χ0n) is 18.1. The van der Waals surface area contributed by atoms with E-state index in [4.69, 9.17) is 9.57 Å². The Morgan fingerprint density at radius 3 is 2.43 bits per heavy atom. The minimum atomic E-state index is -1.17. The molecule has 2 aliphatic rings. The van der Waals surface area contributed by atoms with Crippen LogP contribution in [0.25, 0.3) is 0 Å². The highest BCUT2D eigenvalue weighted by molar-refractivity contribution is 9.10. The maximum atomic E-state index is 13.6. The molecule has 0 N–H and O–H groups in total. The van der Waals surface area contributed by atoms with Gasteiger partial charge in [0.25, 0.3) is 11.6 Å². The molecule has 0 saturated carbocycles.